The highest BCUT2D eigenvalue weighted by atomic mass is 32.2. The van der Waals surface area contributed by atoms with Crippen molar-refractivity contribution in [2.24, 2.45) is 5.92 Å². The molecule has 0 spiro atoms. The van der Waals surface area contributed by atoms with Crippen molar-refractivity contribution >= 4 is 33.2 Å². The maximum absolute atomic E-state index is 11.3. The van der Waals surface area contributed by atoms with Crippen LogP contribution in [0.1, 0.15) is 19.3 Å². The van der Waals surface area contributed by atoms with Crippen molar-refractivity contribution in [2.75, 3.05) is 25.9 Å². The van der Waals surface area contributed by atoms with Crippen molar-refractivity contribution in [3.05, 3.63) is 0 Å². The fraction of sp³-hybridized carbons (Fsp3) is 0.800. The van der Waals surface area contributed by atoms with Gasteiger partial charge in [-0.25, -0.2) is 0 Å². The molecule has 0 aromatic heterocycles. The first-order valence-corrected chi connectivity index (χ1v) is 7.42. The first kappa shape index (κ1) is 17.6. The Kier molecular flexibility index (Phi) is 11.5. The Morgan fingerprint density at radius 3 is 2.61 bits per heavy atom. The van der Waals surface area contributed by atoms with E-state index in [1.165, 1.54) is 0 Å². The van der Waals surface area contributed by atoms with Crippen LogP contribution in [0, 0.1) is 5.92 Å². The molecule has 0 aliphatic heterocycles. The van der Waals surface area contributed by atoms with Crippen LogP contribution in [0.15, 0.2) is 0 Å². The fourth-order valence-electron chi connectivity index (χ4n) is 1.42. The molecule has 0 saturated carbocycles. The molecule has 2 atom stereocenters. The third-order valence-corrected chi connectivity index (χ3v) is 3.36. The van der Waals surface area contributed by atoms with Gasteiger partial charge in [0.05, 0.1) is 0 Å². The van der Waals surface area contributed by atoms with Crippen LogP contribution in [0.2, 0.25) is 0 Å². The first-order valence-electron chi connectivity index (χ1n) is 5.86. The third kappa shape index (κ3) is 8.69. The van der Waals surface area contributed by atoms with E-state index in [1.54, 1.807) is 11.9 Å². The molecular formula is C10H22N3O3PS. The Bertz CT molecular complexity index is 257. The Morgan fingerprint density at radius 2 is 2.06 bits per heavy atom. The quantitative estimate of drug-likeness (QED) is 0.189. The highest BCUT2D eigenvalue weighted by Crippen LogP contribution is 2.09. The summed E-state index contributed by atoms with van der Waals surface area (Å²) in [7, 11) is 3.92. The number of carbonyl (C=O) groups excluding carboxylic acids is 1. The van der Waals surface area contributed by atoms with Crippen LogP contribution in [0.25, 0.3) is 0 Å². The van der Waals surface area contributed by atoms with Gasteiger partial charge < -0.3 is 15.5 Å². The standard InChI is InChI=1S/C10H22N3O3PS/c1-11-18-7-6-12-5-3-2-4-8(10(15)16)9(14)13-17/h8,11-12H,2-7,17H2,1H3,(H,13,14)(H,15,16). The van der Waals surface area contributed by atoms with Crippen LogP contribution in [0.4, 0.5) is 0 Å². The van der Waals surface area contributed by atoms with Gasteiger partial charge in [-0.15, -0.1) is 0 Å². The van der Waals surface area contributed by atoms with Gasteiger partial charge in [0.1, 0.15) is 5.92 Å². The Morgan fingerprint density at radius 1 is 1.33 bits per heavy atom. The van der Waals surface area contributed by atoms with E-state index in [1.807, 2.05) is 16.4 Å². The maximum Gasteiger partial charge on any atom is 0.316 e. The molecule has 0 aliphatic carbocycles. The molecule has 106 valence electrons. The Balaban J connectivity index is 3.56. The monoisotopic (exact) mass is 295 g/mol. The van der Waals surface area contributed by atoms with Crippen LogP contribution >= 0.6 is 21.3 Å². The summed E-state index contributed by atoms with van der Waals surface area (Å²) in [6.07, 6.45) is 1.97. The molecule has 0 radical (unpaired) electrons. The van der Waals surface area contributed by atoms with Gasteiger partial charge in [0.25, 0.3) is 0 Å². The van der Waals surface area contributed by atoms with Crippen molar-refractivity contribution in [1.29, 1.82) is 0 Å². The van der Waals surface area contributed by atoms with Gasteiger partial charge in [0.15, 0.2) is 0 Å². The van der Waals surface area contributed by atoms with Gasteiger partial charge in [0.2, 0.25) is 5.91 Å². The minimum atomic E-state index is -1.06. The molecule has 0 aromatic carbocycles. The lowest BCUT2D eigenvalue weighted by molar-refractivity contribution is -0.146. The molecule has 1 amide bonds. The maximum atomic E-state index is 11.3. The summed E-state index contributed by atoms with van der Waals surface area (Å²) in [5, 5.41) is 14.4. The number of hydrogen-bond donors (Lipinski definition) is 4. The molecule has 2 unspecified atom stereocenters. The molecule has 4 N–H and O–H groups in total. The summed E-state index contributed by atoms with van der Waals surface area (Å²) in [4.78, 5) is 22.1. The van der Waals surface area contributed by atoms with Crippen molar-refractivity contribution < 1.29 is 14.7 Å². The van der Waals surface area contributed by atoms with Gasteiger partial charge in [-0.2, -0.15) is 0 Å². The summed E-state index contributed by atoms with van der Waals surface area (Å²) >= 11 is 1.64. The number of nitrogens with one attached hydrogen (secondary N) is 3. The van der Waals surface area contributed by atoms with Crippen molar-refractivity contribution in [2.45, 2.75) is 19.3 Å². The van der Waals surface area contributed by atoms with Crippen LogP contribution in [-0.2, 0) is 9.59 Å². The minimum absolute atomic E-state index is 0.377. The third-order valence-electron chi connectivity index (χ3n) is 2.38. The number of amides is 1. The van der Waals surface area contributed by atoms with Crippen molar-refractivity contribution in [3.8, 4) is 0 Å². The average Bonchev–Trinajstić information content (AvgIpc) is 2.35. The minimum Gasteiger partial charge on any atom is -0.481 e. The molecule has 8 heteroatoms. The van der Waals surface area contributed by atoms with E-state index < -0.39 is 17.8 Å². The van der Waals surface area contributed by atoms with Crippen LogP contribution in [0.5, 0.6) is 0 Å². The van der Waals surface area contributed by atoms with E-state index in [9.17, 15) is 9.59 Å². The number of aliphatic carboxylic acids is 1. The fourth-order valence-corrected chi connectivity index (χ4v) is 2.07. The smallest absolute Gasteiger partial charge is 0.316 e. The van der Waals surface area contributed by atoms with Gasteiger partial charge in [-0.05, 0) is 35.8 Å². The zero-order valence-corrected chi connectivity index (χ0v) is 12.5. The van der Waals surface area contributed by atoms with Gasteiger partial charge in [-0.1, -0.05) is 18.4 Å². The first-order chi connectivity index (χ1) is 8.63. The van der Waals surface area contributed by atoms with E-state index in [4.69, 9.17) is 5.11 Å². The number of carboxylic acids is 1. The van der Waals surface area contributed by atoms with Gasteiger partial charge in [0, 0.05) is 12.3 Å². The average molecular weight is 295 g/mol. The summed E-state index contributed by atoms with van der Waals surface area (Å²) in [5.41, 5.74) is 0. The molecule has 0 bridgehead atoms. The SMILES string of the molecule is CNSCCNCCCCC(C(=O)O)C(=O)NP. The second-order valence-corrected chi connectivity index (χ2v) is 5.09. The lowest BCUT2D eigenvalue weighted by Crippen LogP contribution is -2.30. The summed E-state index contributed by atoms with van der Waals surface area (Å²) in [6.45, 7) is 1.76. The highest BCUT2D eigenvalue weighted by Gasteiger charge is 2.24. The molecule has 0 saturated heterocycles. The van der Waals surface area contributed by atoms with E-state index in [2.05, 4.69) is 15.1 Å². The Labute approximate surface area is 114 Å². The summed E-state index contributed by atoms with van der Waals surface area (Å²) in [6, 6.07) is 0. The number of hydrogen-bond acceptors (Lipinski definition) is 5. The molecule has 18 heavy (non-hydrogen) atoms. The lowest BCUT2D eigenvalue weighted by atomic mass is 10.0. The summed E-state index contributed by atoms with van der Waals surface area (Å²) < 4.78 is 2.98. The van der Waals surface area contributed by atoms with Crippen LogP contribution in [-0.4, -0.2) is 42.9 Å². The summed E-state index contributed by atoms with van der Waals surface area (Å²) in [5.74, 6) is -1.47. The topological polar surface area (TPSA) is 90.5 Å². The molecule has 0 rings (SSSR count). The van der Waals surface area contributed by atoms with E-state index in [0.717, 1.165) is 31.7 Å². The van der Waals surface area contributed by atoms with Crippen molar-refractivity contribution in [1.82, 2.24) is 15.1 Å². The highest BCUT2D eigenvalue weighted by molar-refractivity contribution is 7.97. The lowest BCUT2D eigenvalue weighted by Gasteiger charge is -2.10. The predicted octanol–water partition coefficient (Wildman–Crippen LogP) is 0.221. The second kappa shape index (κ2) is 11.7. The second-order valence-electron chi connectivity index (χ2n) is 3.70. The Hall–Kier alpha value is -0.360. The van der Waals surface area contributed by atoms with Gasteiger partial charge in [-0.3, -0.25) is 14.3 Å². The normalized spacial score (nSPS) is 12.1. The molecule has 0 heterocycles. The van der Waals surface area contributed by atoms with E-state index in [-0.39, 0.29) is 0 Å². The molecule has 0 aliphatic rings. The number of unbranched alkanes of at least 4 members (excludes halogenated alkanes) is 1. The zero-order valence-electron chi connectivity index (χ0n) is 10.6. The number of rotatable bonds is 11. The zero-order chi connectivity index (χ0) is 13.8. The van der Waals surface area contributed by atoms with Gasteiger partial charge >= 0.3 is 5.97 Å². The molecular weight excluding hydrogens is 273 g/mol. The molecule has 0 aromatic rings. The van der Waals surface area contributed by atoms with Crippen molar-refractivity contribution in [3.63, 3.8) is 0 Å². The van der Waals surface area contributed by atoms with E-state index >= 15 is 0 Å². The molecule has 6 nitrogen and oxygen atoms in total. The number of carbonyl (C=O) groups is 2. The predicted molar refractivity (Wildman–Crippen MR) is 77.2 cm³/mol. The van der Waals surface area contributed by atoms with E-state index in [0.29, 0.717) is 6.42 Å². The van der Waals surface area contributed by atoms with Crippen LogP contribution in [0.3, 0.4) is 0 Å². The number of carboxylic acid groups (broad SMARTS) is 1. The molecule has 0 fully saturated rings. The largest absolute Gasteiger partial charge is 0.481 e. The van der Waals surface area contributed by atoms with Crippen LogP contribution < -0.4 is 15.1 Å².